The molecule has 0 amide bonds. The first-order valence-corrected chi connectivity index (χ1v) is 10.3. The number of fused-ring (bicyclic) bond motifs is 1. The Bertz CT molecular complexity index is 504. The predicted octanol–water partition coefficient (Wildman–Crippen LogP) is 3.71. The van der Waals surface area contributed by atoms with Crippen LogP contribution in [0.15, 0.2) is 12.2 Å². The summed E-state index contributed by atoms with van der Waals surface area (Å²) in [5.74, 6) is 2.27. The molecule has 7 atom stereocenters. The molecular weight excluding hydrogens is 310 g/mol. The highest BCUT2D eigenvalue weighted by Gasteiger charge is 2.56. The molecule has 3 aliphatic rings. The molecule has 0 saturated heterocycles. The molecule has 3 rings (SSSR count). The van der Waals surface area contributed by atoms with Crippen molar-refractivity contribution < 1.29 is 10.2 Å². The second-order valence-corrected chi connectivity index (χ2v) is 10.1. The molecule has 3 fully saturated rings. The second kappa shape index (κ2) is 6.98. The first kappa shape index (κ1) is 19.4. The fourth-order valence-electron chi connectivity index (χ4n) is 6.86. The lowest BCUT2D eigenvalue weighted by atomic mass is 9.49. The summed E-state index contributed by atoms with van der Waals surface area (Å²) in [6.07, 6.45) is 7.47. The monoisotopic (exact) mass is 349 g/mol. The molecule has 0 radical (unpaired) electrons. The Labute approximate surface area is 154 Å². The van der Waals surface area contributed by atoms with Gasteiger partial charge in [-0.25, -0.2) is 0 Å². The highest BCUT2D eigenvalue weighted by molar-refractivity contribution is 5.21. The summed E-state index contributed by atoms with van der Waals surface area (Å²) in [6.45, 7) is 10.7. The molecule has 3 nitrogen and oxygen atoms in total. The van der Waals surface area contributed by atoms with Crippen LogP contribution in [-0.4, -0.2) is 48.5 Å². The average Bonchev–Trinajstić information content (AvgIpc) is 2.85. The maximum absolute atomic E-state index is 10.1. The number of aliphatic hydroxyl groups is 2. The molecule has 0 spiro atoms. The Morgan fingerprint density at radius 3 is 2.48 bits per heavy atom. The van der Waals surface area contributed by atoms with Gasteiger partial charge in [0.25, 0.3) is 0 Å². The van der Waals surface area contributed by atoms with Crippen LogP contribution in [0.4, 0.5) is 0 Å². The lowest BCUT2D eigenvalue weighted by molar-refractivity contribution is -0.0978. The van der Waals surface area contributed by atoms with Crippen molar-refractivity contribution in [3.63, 3.8) is 0 Å². The highest BCUT2D eigenvalue weighted by Crippen LogP contribution is 2.63. The van der Waals surface area contributed by atoms with Crippen LogP contribution in [0.1, 0.15) is 58.8 Å². The maximum atomic E-state index is 10.1. The van der Waals surface area contributed by atoms with Crippen LogP contribution in [0.25, 0.3) is 0 Å². The molecule has 144 valence electrons. The van der Waals surface area contributed by atoms with E-state index in [0.717, 1.165) is 31.7 Å². The van der Waals surface area contributed by atoms with Crippen molar-refractivity contribution in [2.45, 2.75) is 64.9 Å². The average molecular weight is 350 g/mol. The van der Waals surface area contributed by atoms with E-state index in [1.807, 2.05) is 0 Å². The van der Waals surface area contributed by atoms with E-state index in [-0.39, 0.29) is 24.0 Å². The molecule has 3 saturated carbocycles. The third-order valence-corrected chi connectivity index (χ3v) is 8.54. The van der Waals surface area contributed by atoms with Crippen LogP contribution in [0.2, 0.25) is 0 Å². The number of hydrogen-bond acceptors (Lipinski definition) is 3. The van der Waals surface area contributed by atoms with Gasteiger partial charge >= 0.3 is 0 Å². The number of hydrogen-bond donors (Lipinski definition) is 2. The molecule has 3 aliphatic carbocycles. The lowest BCUT2D eigenvalue weighted by Crippen LogP contribution is -2.53. The van der Waals surface area contributed by atoms with Crippen LogP contribution in [-0.2, 0) is 0 Å². The van der Waals surface area contributed by atoms with Crippen LogP contribution in [0.5, 0.6) is 0 Å². The zero-order valence-corrected chi connectivity index (χ0v) is 16.8. The van der Waals surface area contributed by atoms with Crippen molar-refractivity contribution in [2.75, 3.05) is 27.2 Å². The maximum Gasteiger partial charge on any atom is 0.0544 e. The topological polar surface area (TPSA) is 43.7 Å². The first-order chi connectivity index (χ1) is 11.7. The van der Waals surface area contributed by atoms with E-state index in [0.29, 0.717) is 17.3 Å². The number of nitrogens with zero attached hydrogens (tertiary/aromatic N) is 1. The van der Waals surface area contributed by atoms with Gasteiger partial charge in [0.2, 0.25) is 0 Å². The summed E-state index contributed by atoms with van der Waals surface area (Å²) < 4.78 is 0. The largest absolute Gasteiger partial charge is 0.396 e. The first-order valence-electron chi connectivity index (χ1n) is 10.3. The molecule has 0 bridgehead atoms. The highest BCUT2D eigenvalue weighted by atomic mass is 16.3. The van der Waals surface area contributed by atoms with Crippen molar-refractivity contribution in [1.82, 2.24) is 4.90 Å². The Morgan fingerprint density at radius 1 is 1.12 bits per heavy atom. The fourth-order valence-corrected chi connectivity index (χ4v) is 6.86. The van der Waals surface area contributed by atoms with E-state index in [4.69, 9.17) is 0 Å². The zero-order valence-electron chi connectivity index (χ0n) is 16.8. The molecule has 0 aromatic heterocycles. The van der Waals surface area contributed by atoms with Crippen LogP contribution < -0.4 is 0 Å². The summed E-state index contributed by atoms with van der Waals surface area (Å²) in [5, 5.41) is 20.2. The fraction of sp³-hybridized carbons (Fsp3) is 0.909. The van der Waals surface area contributed by atoms with E-state index < -0.39 is 0 Å². The molecule has 2 N–H and O–H groups in total. The van der Waals surface area contributed by atoms with Gasteiger partial charge in [-0.2, -0.15) is 0 Å². The Kier molecular flexibility index (Phi) is 5.41. The van der Waals surface area contributed by atoms with Crippen molar-refractivity contribution in [3.05, 3.63) is 12.2 Å². The van der Waals surface area contributed by atoms with Crippen molar-refractivity contribution in [3.8, 4) is 0 Å². The zero-order chi connectivity index (χ0) is 18.4. The van der Waals surface area contributed by atoms with Gasteiger partial charge in [0.05, 0.1) is 6.10 Å². The quantitative estimate of drug-likeness (QED) is 0.761. The molecule has 0 heterocycles. The molecule has 0 unspecified atom stereocenters. The van der Waals surface area contributed by atoms with Gasteiger partial charge < -0.3 is 15.1 Å². The van der Waals surface area contributed by atoms with Gasteiger partial charge in [0.1, 0.15) is 0 Å². The number of allylic oxidation sites excluding steroid dienone is 1. The predicted molar refractivity (Wildman–Crippen MR) is 103 cm³/mol. The molecular formula is C22H39NO2. The third kappa shape index (κ3) is 3.21. The van der Waals surface area contributed by atoms with Crippen molar-refractivity contribution in [2.24, 2.45) is 34.5 Å². The second-order valence-electron chi connectivity index (χ2n) is 10.1. The van der Waals surface area contributed by atoms with Crippen LogP contribution in [0, 0.1) is 34.5 Å². The summed E-state index contributed by atoms with van der Waals surface area (Å²) in [5.41, 5.74) is 1.94. The molecule has 3 heteroatoms. The Morgan fingerprint density at radius 2 is 1.84 bits per heavy atom. The van der Waals surface area contributed by atoms with Crippen LogP contribution in [0.3, 0.4) is 0 Å². The van der Waals surface area contributed by atoms with Gasteiger partial charge in [-0.3, -0.25) is 0 Å². The van der Waals surface area contributed by atoms with Gasteiger partial charge in [-0.1, -0.05) is 26.0 Å². The molecule has 25 heavy (non-hydrogen) atoms. The Balaban J connectivity index is 1.92. The smallest absolute Gasteiger partial charge is 0.0544 e. The van der Waals surface area contributed by atoms with Gasteiger partial charge in [-0.05, 0) is 93.5 Å². The summed E-state index contributed by atoms with van der Waals surface area (Å²) in [7, 11) is 4.40. The minimum absolute atomic E-state index is 0.153. The van der Waals surface area contributed by atoms with E-state index in [1.165, 1.54) is 31.3 Å². The number of rotatable bonds is 4. The summed E-state index contributed by atoms with van der Waals surface area (Å²) in [4.78, 5) is 2.36. The van der Waals surface area contributed by atoms with E-state index in [1.54, 1.807) is 0 Å². The summed E-state index contributed by atoms with van der Waals surface area (Å²) >= 11 is 0. The van der Waals surface area contributed by atoms with Crippen molar-refractivity contribution in [1.29, 1.82) is 0 Å². The van der Waals surface area contributed by atoms with Crippen LogP contribution >= 0.6 is 0 Å². The normalized spacial score (nSPS) is 48.0. The van der Waals surface area contributed by atoms with E-state index in [2.05, 4.69) is 39.4 Å². The third-order valence-electron chi connectivity index (χ3n) is 8.54. The standard InChI is InChI=1S/C22H39NO2/c1-15-6-7-19-18(13-23(4)5)20(9-11-21(15,19)2)22(3)10-8-17(25)12-16(22)14-24/h16-20,24-25H,1,6-14H2,2-5H3/t16-,17+,18+,19+,20+,21-,22+/m1/s1. The minimum atomic E-state index is -0.224. The van der Waals surface area contributed by atoms with Crippen molar-refractivity contribution >= 4 is 0 Å². The lowest BCUT2D eigenvalue weighted by Gasteiger charge is -2.57. The molecule has 0 aromatic rings. The minimum Gasteiger partial charge on any atom is -0.396 e. The summed E-state index contributed by atoms with van der Waals surface area (Å²) in [6, 6.07) is 0. The van der Waals surface area contributed by atoms with E-state index in [9.17, 15) is 10.2 Å². The van der Waals surface area contributed by atoms with E-state index >= 15 is 0 Å². The number of aliphatic hydroxyl groups excluding tert-OH is 2. The van der Waals surface area contributed by atoms with Gasteiger partial charge in [-0.15, -0.1) is 0 Å². The Hall–Kier alpha value is -0.380. The van der Waals surface area contributed by atoms with Gasteiger partial charge in [0, 0.05) is 13.2 Å². The molecule has 0 aromatic carbocycles. The SMILES string of the molecule is C=C1CC[C@H]2[C@H](CN(C)C)[C@@H]([C@@]3(C)CC[C@H](O)C[C@@H]3CO)CC[C@]12C. The molecule has 0 aliphatic heterocycles. The van der Waals surface area contributed by atoms with Gasteiger partial charge in [0.15, 0.2) is 0 Å².